The molecule has 3 aromatic heterocycles. The number of hydrogen-bond acceptors (Lipinski definition) is 5. The summed E-state index contributed by atoms with van der Waals surface area (Å²) in [7, 11) is 0. The molecule has 0 amide bonds. The average Bonchev–Trinajstić information content (AvgIpc) is 3.69. The number of aromatic nitrogens is 2. The molecule has 0 spiro atoms. The summed E-state index contributed by atoms with van der Waals surface area (Å²) >= 11 is 4.30. The minimum absolute atomic E-state index is 0.220. The Labute approximate surface area is 236 Å². The third-order valence-electron chi connectivity index (χ3n) is 6.91. The van der Waals surface area contributed by atoms with Crippen molar-refractivity contribution in [2.24, 2.45) is 0 Å². The van der Waals surface area contributed by atoms with Crippen LogP contribution in [0.15, 0.2) is 84.9 Å². The molecule has 0 aliphatic carbocycles. The summed E-state index contributed by atoms with van der Waals surface area (Å²) in [5, 5.41) is 2.11. The molecule has 0 fully saturated rings. The minimum Gasteiger partial charge on any atom is -0.206 e. The van der Waals surface area contributed by atoms with Gasteiger partial charge in [0.2, 0.25) is 0 Å². The highest BCUT2D eigenvalue weighted by Crippen LogP contribution is 2.48. The van der Waals surface area contributed by atoms with Gasteiger partial charge in [0.1, 0.15) is 22.7 Å². The molecular weight excluding hydrogens is 547 g/mol. The molecule has 0 N–H and O–H groups in total. The van der Waals surface area contributed by atoms with E-state index in [0.29, 0.717) is 11.1 Å². The zero-order valence-electron chi connectivity index (χ0n) is 21.0. The molecule has 4 aromatic carbocycles. The molecule has 0 radical (unpaired) electrons. The fourth-order valence-electron chi connectivity index (χ4n) is 5.06. The first-order chi connectivity index (χ1) is 19.0. The van der Waals surface area contributed by atoms with Crippen molar-refractivity contribution in [2.75, 3.05) is 0 Å². The van der Waals surface area contributed by atoms with Gasteiger partial charge in [0.15, 0.2) is 0 Å². The van der Waals surface area contributed by atoms with Gasteiger partial charge in [0, 0.05) is 41.8 Å². The lowest BCUT2D eigenvalue weighted by Gasteiger charge is -2.11. The van der Waals surface area contributed by atoms with Crippen molar-refractivity contribution in [2.45, 2.75) is 13.8 Å². The van der Waals surface area contributed by atoms with Crippen molar-refractivity contribution in [3.63, 3.8) is 0 Å². The molecule has 0 saturated heterocycles. The second-order valence-corrected chi connectivity index (χ2v) is 12.2. The zero-order chi connectivity index (χ0) is 26.7. The number of fused-ring (bicyclic) bond motifs is 2. The Kier molecular flexibility index (Phi) is 5.88. The fourth-order valence-corrected chi connectivity index (χ4v) is 7.81. The van der Waals surface area contributed by atoms with Crippen LogP contribution in [-0.4, -0.2) is 8.75 Å². The summed E-state index contributed by atoms with van der Waals surface area (Å²) in [5.74, 6) is -0.440. The van der Waals surface area contributed by atoms with Gasteiger partial charge in [-0.05, 0) is 72.1 Å². The first kappa shape index (κ1) is 24.3. The Hall–Kier alpha value is -3.78. The van der Waals surface area contributed by atoms with Crippen molar-refractivity contribution in [3.8, 4) is 41.8 Å². The van der Waals surface area contributed by atoms with Crippen molar-refractivity contribution in [1.29, 1.82) is 0 Å². The molecule has 7 heteroatoms. The molecule has 0 saturated carbocycles. The molecule has 190 valence electrons. The van der Waals surface area contributed by atoms with Crippen LogP contribution in [0.4, 0.5) is 8.78 Å². The van der Waals surface area contributed by atoms with Gasteiger partial charge in [0.05, 0.1) is 11.7 Å². The highest BCUT2D eigenvalue weighted by atomic mass is 32.1. The van der Waals surface area contributed by atoms with Gasteiger partial charge in [0.25, 0.3) is 0 Å². The Morgan fingerprint density at radius 2 is 0.974 bits per heavy atom. The van der Waals surface area contributed by atoms with Crippen molar-refractivity contribution in [3.05, 3.63) is 108 Å². The highest BCUT2D eigenvalue weighted by Gasteiger charge is 2.22. The summed E-state index contributed by atoms with van der Waals surface area (Å²) in [6.07, 6.45) is 0. The molecule has 39 heavy (non-hydrogen) atoms. The van der Waals surface area contributed by atoms with E-state index in [2.05, 4.69) is 12.1 Å². The molecule has 0 atom stereocenters. The molecule has 7 rings (SSSR count). The maximum absolute atomic E-state index is 14.8. The quantitative estimate of drug-likeness (QED) is 0.212. The predicted molar refractivity (Wildman–Crippen MR) is 162 cm³/mol. The summed E-state index contributed by atoms with van der Waals surface area (Å²) in [6.45, 7) is 3.78. The van der Waals surface area contributed by atoms with Crippen molar-refractivity contribution in [1.82, 2.24) is 8.75 Å². The van der Waals surface area contributed by atoms with Gasteiger partial charge in [-0.1, -0.05) is 48.5 Å². The maximum Gasteiger partial charge on any atom is 0.132 e. The van der Waals surface area contributed by atoms with Crippen LogP contribution in [0.1, 0.15) is 11.1 Å². The van der Waals surface area contributed by atoms with E-state index in [1.165, 1.54) is 11.7 Å². The zero-order valence-corrected chi connectivity index (χ0v) is 23.4. The fraction of sp³-hybridized carbons (Fsp3) is 0.0625. The Bertz CT molecular complexity index is 1890. The number of thiophene rings is 2. The lowest BCUT2D eigenvalue weighted by atomic mass is 9.95. The molecule has 0 aliphatic heterocycles. The Morgan fingerprint density at radius 1 is 0.538 bits per heavy atom. The second-order valence-electron chi connectivity index (χ2n) is 9.55. The maximum atomic E-state index is 14.8. The summed E-state index contributed by atoms with van der Waals surface area (Å²) in [4.78, 5) is 3.77. The average molecular weight is 567 g/mol. The highest BCUT2D eigenvalue weighted by molar-refractivity contribution is 7.19. The molecule has 7 aromatic rings. The van der Waals surface area contributed by atoms with Crippen LogP contribution >= 0.6 is 34.4 Å². The topological polar surface area (TPSA) is 25.8 Å². The number of hydrogen-bond donors (Lipinski definition) is 0. The SMILES string of the molecule is Cc1ccc(-c2ccc(-c3c4ccccc4c(-c4ccc(-c5ccc(C)cc5F)s4)c4nsnc34)s2)c(F)c1. The van der Waals surface area contributed by atoms with Crippen LogP contribution in [-0.2, 0) is 0 Å². The van der Waals surface area contributed by atoms with E-state index in [-0.39, 0.29) is 11.6 Å². The van der Waals surface area contributed by atoms with E-state index in [4.69, 9.17) is 8.75 Å². The third kappa shape index (κ3) is 4.09. The minimum atomic E-state index is -0.220. The van der Waals surface area contributed by atoms with E-state index in [1.807, 2.05) is 74.5 Å². The number of nitrogens with zero attached hydrogens (tertiary/aromatic N) is 2. The standard InChI is InChI=1S/C32H20F2N2S3/c1-17-7-9-21(23(33)15-17)25-11-13-27(37-25)29-19-5-3-4-6-20(19)30(32-31(29)35-39-36-32)28-14-12-26(38-28)22-10-8-18(2)16-24(22)34/h3-16H,1-2H3. The number of rotatable bonds is 4. The molecule has 0 bridgehead atoms. The number of halogens is 2. The van der Waals surface area contributed by atoms with Gasteiger partial charge in [-0.2, -0.15) is 8.75 Å². The van der Waals surface area contributed by atoms with Gasteiger partial charge >= 0.3 is 0 Å². The van der Waals surface area contributed by atoms with E-state index in [0.717, 1.165) is 63.6 Å². The van der Waals surface area contributed by atoms with Gasteiger partial charge in [-0.3, -0.25) is 0 Å². The van der Waals surface area contributed by atoms with Gasteiger partial charge in [-0.25, -0.2) is 8.78 Å². The van der Waals surface area contributed by atoms with Crippen LogP contribution in [0.5, 0.6) is 0 Å². The predicted octanol–water partition coefficient (Wildman–Crippen LogP) is 10.5. The van der Waals surface area contributed by atoms with E-state index in [1.54, 1.807) is 34.8 Å². The summed E-state index contributed by atoms with van der Waals surface area (Å²) < 4.78 is 39.0. The van der Waals surface area contributed by atoms with Crippen LogP contribution in [0.3, 0.4) is 0 Å². The first-order valence-corrected chi connectivity index (χ1v) is 14.7. The molecule has 0 unspecified atom stereocenters. The van der Waals surface area contributed by atoms with Crippen LogP contribution in [0, 0.1) is 25.5 Å². The third-order valence-corrected chi connectivity index (χ3v) is 9.71. The van der Waals surface area contributed by atoms with Crippen LogP contribution in [0.25, 0.3) is 63.6 Å². The lowest BCUT2D eigenvalue weighted by Crippen LogP contribution is -1.87. The Morgan fingerprint density at radius 3 is 1.41 bits per heavy atom. The monoisotopic (exact) mass is 566 g/mol. The molecule has 3 heterocycles. The summed E-state index contributed by atoms with van der Waals surface area (Å²) in [6, 6.07) is 27.0. The Balaban J connectivity index is 1.42. The smallest absolute Gasteiger partial charge is 0.132 e. The van der Waals surface area contributed by atoms with E-state index < -0.39 is 0 Å². The second kappa shape index (κ2) is 9.45. The summed E-state index contributed by atoms with van der Waals surface area (Å²) in [5.41, 5.74) is 6.63. The van der Waals surface area contributed by atoms with Crippen molar-refractivity contribution >= 4 is 56.2 Å². The van der Waals surface area contributed by atoms with E-state index >= 15 is 0 Å². The number of benzene rings is 4. The first-order valence-electron chi connectivity index (χ1n) is 12.4. The molecule has 0 aliphatic rings. The van der Waals surface area contributed by atoms with E-state index in [9.17, 15) is 8.78 Å². The normalized spacial score (nSPS) is 11.6. The number of aryl methyl sites for hydroxylation is 2. The van der Waals surface area contributed by atoms with Gasteiger partial charge in [-0.15, -0.1) is 22.7 Å². The largest absolute Gasteiger partial charge is 0.206 e. The molecule has 2 nitrogen and oxygen atoms in total. The molecular formula is C32H20F2N2S3. The van der Waals surface area contributed by atoms with Crippen molar-refractivity contribution < 1.29 is 8.78 Å². The lowest BCUT2D eigenvalue weighted by molar-refractivity contribution is 0.630. The van der Waals surface area contributed by atoms with Crippen LogP contribution in [0.2, 0.25) is 0 Å². The van der Waals surface area contributed by atoms with Crippen LogP contribution < -0.4 is 0 Å². The van der Waals surface area contributed by atoms with Gasteiger partial charge < -0.3 is 0 Å².